The van der Waals surface area contributed by atoms with Crippen molar-refractivity contribution in [2.75, 3.05) is 6.61 Å². The van der Waals surface area contributed by atoms with Crippen LogP contribution in [0.15, 0.2) is 12.7 Å². The van der Waals surface area contributed by atoms with E-state index >= 15 is 0 Å². The second kappa shape index (κ2) is 3.48. The van der Waals surface area contributed by atoms with Gasteiger partial charge >= 0.3 is 0 Å². The first-order valence-electron chi connectivity index (χ1n) is 3.70. The minimum Gasteiger partial charge on any atom is -0.396 e. The van der Waals surface area contributed by atoms with Crippen LogP contribution in [0.1, 0.15) is 19.9 Å². The predicted octanol–water partition coefficient (Wildman–Crippen LogP) is 0.467. The zero-order chi connectivity index (χ0) is 8.27. The number of rotatable bonds is 3. The van der Waals surface area contributed by atoms with E-state index in [9.17, 15) is 0 Å². The molecule has 1 aromatic rings. The number of nitrogens with zero attached hydrogens (tertiary/aromatic N) is 3. The zero-order valence-electron chi connectivity index (χ0n) is 6.81. The van der Waals surface area contributed by atoms with E-state index in [-0.39, 0.29) is 18.6 Å². The second-order valence-corrected chi connectivity index (χ2v) is 2.81. The summed E-state index contributed by atoms with van der Waals surface area (Å²) in [6.07, 6.45) is 3.33. The second-order valence-electron chi connectivity index (χ2n) is 2.81. The summed E-state index contributed by atoms with van der Waals surface area (Å²) in [5, 5.41) is 16.2. The first-order chi connectivity index (χ1) is 5.25. The Morgan fingerprint density at radius 2 is 1.91 bits per heavy atom. The van der Waals surface area contributed by atoms with Crippen molar-refractivity contribution >= 4 is 0 Å². The average Bonchev–Trinajstić information content (AvgIpc) is 2.53. The smallest absolute Gasteiger partial charge is 0.119 e. The van der Waals surface area contributed by atoms with Crippen LogP contribution in [0.5, 0.6) is 0 Å². The average molecular weight is 155 g/mol. The summed E-state index contributed by atoms with van der Waals surface area (Å²) in [5.74, 6) is 0.242. The Morgan fingerprint density at radius 1 is 1.36 bits per heavy atom. The van der Waals surface area contributed by atoms with Gasteiger partial charge in [0, 0.05) is 12.6 Å². The van der Waals surface area contributed by atoms with Gasteiger partial charge in [0.2, 0.25) is 0 Å². The molecule has 4 heteroatoms. The number of hydrogen-bond acceptors (Lipinski definition) is 3. The van der Waals surface area contributed by atoms with Crippen LogP contribution in [-0.4, -0.2) is 26.5 Å². The molecule has 4 nitrogen and oxygen atoms in total. The quantitative estimate of drug-likeness (QED) is 0.690. The van der Waals surface area contributed by atoms with E-state index in [2.05, 4.69) is 10.2 Å². The van der Waals surface area contributed by atoms with Crippen molar-refractivity contribution in [3.8, 4) is 0 Å². The number of aliphatic hydroxyl groups excluding tert-OH is 1. The van der Waals surface area contributed by atoms with E-state index in [0.717, 1.165) is 0 Å². The summed E-state index contributed by atoms with van der Waals surface area (Å²) in [6.45, 7) is 4.22. The van der Waals surface area contributed by atoms with Gasteiger partial charge in [0.25, 0.3) is 0 Å². The van der Waals surface area contributed by atoms with Gasteiger partial charge in [0.1, 0.15) is 12.7 Å². The lowest BCUT2D eigenvalue weighted by Gasteiger charge is -2.17. The number of aliphatic hydroxyl groups is 1. The van der Waals surface area contributed by atoms with Gasteiger partial charge in [-0.05, 0) is 12.8 Å². The molecule has 0 fully saturated rings. The molecule has 1 aromatic heterocycles. The van der Waals surface area contributed by atoms with Crippen LogP contribution < -0.4 is 0 Å². The van der Waals surface area contributed by atoms with Crippen molar-refractivity contribution in [3.05, 3.63) is 12.7 Å². The lowest BCUT2D eigenvalue weighted by molar-refractivity contribution is 0.197. The summed E-state index contributed by atoms with van der Waals surface area (Å²) in [4.78, 5) is 0. The van der Waals surface area contributed by atoms with Crippen LogP contribution in [-0.2, 0) is 0 Å². The summed E-state index contributed by atoms with van der Waals surface area (Å²) in [6, 6.07) is 0.259. The van der Waals surface area contributed by atoms with Gasteiger partial charge in [-0.15, -0.1) is 10.2 Å². The maximum absolute atomic E-state index is 8.85. The fraction of sp³-hybridized carbons (Fsp3) is 0.714. The Balaban J connectivity index is 2.62. The monoisotopic (exact) mass is 155 g/mol. The van der Waals surface area contributed by atoms with Gasteiger partial charge in [-0.25, -0.2) is 0 Å². The van der Waals surface area contributed by atoms with E-state index in [1.54, 1.807) is 12.7 Å². The van der Waals surface area contributed by atoms with Crippen molar-refractivity contribution in [3.63, 3.8) is 0 Å². The Kier molecular flexibility index (Phi) is 2.59. The molecule has 2 atom stereocenters. The maximum Gasteiger partial charge on any atom is 0.119 e. The molecular weight excluding hydrogens is 142 g/mol. The molecule has 62 valence electrons. The molecule has 0 amide bonds. The highest BCUT2D eigenvalue weighted by atomic mass is 16.3. The molecule has 0 radical (unpaired) electrons. The summed E-state index contributed by atoms with van der Waals surface area (Å²) in [7, 11) is 0. The highest BCUT2D eigenvalue weighted by Gasteiger charge is 2.11. The SMILES string of the molecule is CC(CO)C(C)n1cnnc1. The topological polar surface area (TPSA) is 50.9 Å². The van der Waals surface area contributed by atoms with Crippen LogP contribution in [0.4, 0.5) is 0 Å². The summed E-state index contributed by atoms with van der Waals surface area (Å²) < 4.78 is 1.89. The third-order valence-corrected chi connectivity index (χ3v) is 2.02. The normalized spacial score (nSPS) is 16.3. The third-order valence-electron chi connectivity index (χ3n) is 2.02. The molecule has 1 N–H and O–H groups in total. The highest BCUT2D eigenvalue weighted by Crippen LogP contribution is 2.14. The molecule has 0 aliphatic carbocycles. The molecular formula is C7H13N3O. The Morgan fingerprint density at radius 3 is 2.36 bits per heavy atom. The maximum atomic E-state index is 8.85. The molecule has 0 aliphatic heterocycles. The molecule has 0 spiro atoms. The number of hydrogen-bond donors (Lipinski definition) is 1. The van der Waals surface area contributed by atoms with Crippen LogP contribution in [0.2, 0.25) is 0 Å². The molecule has 1 rings (SSSR count). The van der Waals surface area contributed by atoms with Gasteiger partial charge < -0.3 is 9.67 Å². The lowest BCUT2D eigenvalue weighted by Crippen LogP contribution is -2.15. The van der Waals surface area contributed by atoms with Crippen molar-refractivity contribution < 1.29 is 5.11 Å². The molecule has 1 heterocycles. The van der Waals surface area contributed by atoms with Crippen molar-refractivity contribution in [1.29, 1.82) is 0 Å². The first-order valence-corrected chi connectivity index (χ1v) is 3.70. The van der Waals surface area contributed by atoms with Gasteiger partial charge in [-0.3, -0.25) is 0 Å². The van der Waals surface area contributed by atoms with Crippen LogP contribution >= 0.6 is 0 Å². The number of aromatic nitrogens is 3. The van der Waals surface area contributed by atoms with E-state index in [4.69, 9.17) is 5.11 Å². The minimum absolute atomic E-state index is 0.194. The molecule has 0 aliphatic rings. The highest BCUT2D eigenvalue weighted by molar-refractivity contribution is 4.72. The summed E-state index contributed by atoms with van der Waals surface area (Å²) in [5.41, 5.74) is 0. The molecule has 2 unspecified atom stereocenters. The standard InChI is InChI=1S/C7H13N3O/c1-6(3-11)7(2)10-4-8-9-5-10/h4-7,11H,3H2,1-2H3. The minimum atomic E-state index is 0.194. The Hall–Kier alpha value is -0.900. The van der Waals surface area contributed by atoms with Crippen molar-refractivity contribution in [1.82, 2.24) is 14.8 Å². The molecule has 0 saturated heterocycles. The van der Waals surface area contributed by atoms with Gasteiger partial charge in [0.15, 0.2) is 0 Å². The van der Waals surface area contributed by atoms with Crippen molar-refractivity contribution in [2.24, 2.45) is 5.92 Å². The predicted molar refractivity (Wildman–Crippen MR) is 41.0 cm³/mol. The zero-order valence-corrected chi connectivity index (χ0v) is 6.81. The van der Waals surface area contributed by atoms with Crippen molar-refractivity contribution in [2.45, 2.75) is 19.9 Å². The molecule has 0 bridgehead atoms. The Labute approximate surface area is 65.9 Å². The lowest BCUT2D eigenvalue weighted by atomic mass is 10.1. The molecule has 11 heavy (non-hydrogen) atoms. The molecule has 0 aromatic carbocycles. The first kappa shape index (κ1) is 8.20. The Bertz CT molecular complexity index is 197. The van der Waals surface area contributed by atoms with E-state index in [0.29, 0.717) is 0 Å². The van der Waals surface area contributed by atoms with Gasteiger partial charge in [-0.1, -0.05) is 6.92 Å². The van der Waals surface area contributed by atoms with E-state index in [1.807, 2.05) is 18.4 Å². The summed E-state index contributed by atoms with van der Waals surface area (Å²) >= 11 is 0. The fourth-order valence-electron chi connectivity index (χ4n) is 0.865. The van der Waals surface area contributed by atoms with Gasteiger partial charge in [-0.2, -0.15) is 0 Å². The van der Waals surface area contributed by atoms with Gasteiger partial charge in [0.05, 0.1) is 0 Å². The van der Waals surface area contributed by atoms with Crippen LogP contribution in [0, 0.1) is 5.92 Å². The third kappa shape index (κ3) is 1.77. The van der Waals surface area contributed by atoms with Crippen LogP contribution in [0.25, 0.3) is 0 Å². The largest absolute Gasteiger partial charge is 0.396 e. The van der Waals surface area contributed by atoms with E-state index in [1.165, 1.54) is 0 Å². The van der Waals surface area contributed by atoms with E-state index < -0.39 is 0 Å². The fourth-order valence-corrected chi connectivity index (χ4v) is 0.865. The van der Waals surface area contributed by atoms with Crippen LogP contribution in [0.3, 0.4) is 0 Å². The molecule has 0 saturated carbocycles.